The van der Waals surface area contributed by atoms with Gasteiger partial charge in [-0.05, 0) is 42.0 Å². The van der Waals surface area contributed by atoms with Crippen LogP contribution in [0.1, 0.15) is 23.0 Å². The van der Waals surface area contributed by atoms with E-state index in [-0.39, 0.29) is 12.6 Å². The smallest absolute Gasteiger partial charge is 0.314 e. The number of aliphatic hydroxyl groups excluding tert-OH is 1. The number of aliphatic hydroxyl groups is 1. The van der Waals surface area contributed by atoms with Gasteiger partial charge in [-0.2, -0.15) is 0 Å². The van der Waals surface area contributed by atoms with Crippen molar-refractivity contribution in [3.63, 3.8) is 0 Å². The van der Waals surface area contributed by atoms with E-state index in [0.717, 1.165) is 17.7 Å². The first-order valence-corrected chi connectivity index (χ1v) is 8.93. The van der Waals surface area contributed by atoms with Gasteiger partial charge in [0.2, 0.25) is 0 Å². The second-order valence-corrected chi connectivity index (χ2v) is 6.81. The van der Waals surface area contributed by atoms with Gasteiger partial charge in [0.1, 0.15) is 6.10 Å². The van der Waals surface area contributed by atoms with E-state index in [1.807, 2.05) is 31.6 Å². The number of rotatable bonds is 8. The largest absolute Gasteiger partial charge is 0.386 e. The molecule has 2 amide bonds. The molecule has 1 heterocycles. The van der Waals surface area contributed by atoms with Crippen LogP contribution in [0, 0.1) is 0 Å². The number of urea groups is 1. The molecule has 24 heavy (non-hydrogen) atoms. The maximum Gasteiger partial charge on any atom is 0.314 e. The molecule has 0 aliphatic heterocycles. The molecular weight excluding hydrogens is 322 g/mol. The number of carbonyl (C=O) groups excluding carboxylic acids is 1. The number of nitrogens with zero attached hydrogens (tertiary/aromatic N) is 1. The minimum absolute atomic E-state index is 0.221. The fraction of sp³-hybridized carbons (Fsp3) is 0.389. The molecule has 0 unspecified atom stereocenters. The van der Waals surface area contributed by atoms with Crippen molar-refractivity contribution in [1.82, 2.24) is 10.6 Å². The third kappa shape index (κ3) is 5.86. The minimum atomic E-state index is -0.647. The summed E-state index contributed by atoms with van der Waals surface area (Å²) in [5.74, 6) is 0. The normalized spacial score (nSPS) is 11.8. The second-order valence-electron chi connectivity index (χ2n) is 5.83. The van der Waals surface area contributed by atoms with E-state index in [2.05, 4.69) is 39.8 Å². The monoisotopic (exact) mass is 347 g/mol. The van der Waals surface area contributed by atoms with Crippen LogP contribution in [0.4, 0.5) is 10.5 Å². The van der Waals surface area contributed by atoms with E-state index >= 15 is 0 Å². The third-order valence-electron chi connectivity index (χ3n) is 3.71. The summed E-state index contributed by atoms with van der Waals surface area (Å²) in [6.07, 6.45) is 1.15. The molecule has 0 radical (unpaired) electrons. The molecule has 5 nitrogen and oxygen atoms in total. The number of hydrogen-bond acceptors (Lipinski definition) is 4. The summed E-state index contributed by atoms with van der Waals surface area (Å²) in [6.45, 7) is 0.828. The minimum Gasteiger partial charge on any atom is -0.386 e. The molecule has 0 aliphatic carbocycles. The van der Waals surface area contributed by atoms with Crippen LogP contribution in [-0.4, -0.2) is 38.3 Å². The molecule has 6 heteroatoms. The quantitative estimate of drug-likeness (QED) is 0.644. The number of benzene rings is 1. The Morgan fingerprint density at radius 1 is 1.21 bits per heavy atom. The van der Waals surface area contributed by atoms with Crippen molar-refractivity contribution in [1.29, 1.82) is 0 Å². The molecule has 0 aliphatic rings. The Kier molecular flexibility index (Phi) is 7.08. The lowest BCUT2D eigenvalue weighted by atomic mass is 10.1. The van der Waals surface area contributed by atoms with Crippen LogP contribution in [0.25, 0.3) is 0 Å². The Bertz CT molecular complexity index is 612. The zero-order valence-electron chi connectivity index (χ0n) is 14.2. The highest BCUT2D eigenvalue weighted by molar-refractivity contribution is 7.10. The number of hydrogen-bond donors (Lipinski definition) is 3. The maximum atomic E-state index is 11.7. The number of aryl methyl sites for hydroxylation is 1. The molecule has 130 valence electrons. The summed E-state index contributed by atoms with van der Waals surface area (Å²) in [4.78, 5) is 14.6. The van der Waals surface area contributed by atoms with Gasteiger partial charge in [0.05, 0.1) is 6.54 Å². The van der Waals surface area contributed by atoms with Crippen molar-refractivity contribution in [2.24, 2.45) is 0 Å². The van der Waals surface area contributed by atoms with Gasteiger partial charge in [0.15, 0.2) is 0 Å². The molecule has 0 spiro atoms. The average Bonchev–Trinajstić information content (AvgIpc) is 3.11. The average molecular weight is 347 g/mol. The maximum absolute atomic E-state index is 11.7. The Hall–Kier alpha value is -2.05. The number of anilines is 1. The van der Waals surface area contributed by atoms with Crippen molar-refractivity contribution >= 4 is 23.1 Å². The lowest BCUT2D eigenvalue weighted by Crippen LogP contribution is -2.38. The van der Waals surface area contributed by atoms with Gasteiger partial charge < -0.3 is 20.6 Å². The highest BCUT2D eigenvalue weighted by Gasteiger charge is 2.09. The van der Waals surface area contributed by atoms with Gasteiger partial charge in [-0.15, -0.1) is 11.3 Å². The number of thiophene rings is 1. The Labute approximate surface area is 147 Å². The Morgan fingerprint density at radius 2 is 1.96 bits per heavy atom. The molecule has 3 N–H and O–H groups in total. The van der Waals surface area contributed by atoms with Gasteiger partial charge in [-0.3, -0.25) is 0 Å². The van der Waals surface area contributed by atoms with E-state index < -0.39 is 6.10 Å². The zero-order chi connectivity index (χ0) is 17.4. The fourth-order valence-corrected chi connectivity index (χ4v) is 3.00. The first-order valence-electron chi connectivity index (χ1n) is 8.05. The van der Waals surface area contributed by atoms with Crippen LogP contribution < -0.4 is 15.5 Å². The van der Waals surface area contributed by atoms with Crippen molar-refractivity contribution < 1.29 is 9.90 Å². The third-order valence-corrected chi connectivity index (χ3v) is 4.68. The van der Waals surface area contributed by atoms with E-state index in [1.165, 1.54) is 22.6 Å². The van der Waals surface area contributed by atoms with E-state index in [4.69, 9.17) is 0 Å². The summed E-state index contributed by atoms with van der Waals surface area (Å²) in [6, 6.07) is 11.9. The Balaban J connectivity index is 1.60. The summed E-state index contributed by atoms with van der Waals surface area (Å²) in [5.41, 5.74) is 2.44. The van der Waals surface area contributed by atoms with Crippen LogP contribution in [0.5, 0.6) is 0 Å². The van der Waals surface area contributed by atoms with Crippen LogP contribution in [0.2, 0.25) is 0 Å². The lowest BCUT2D eigenvalue weighted by molar-refractivity contribution is 0.176. The van der Waals surface area contributed by atoms with Crippen LogP contribution in [0.15, 0.2) is 41.8 Å². The van der Waals surface area contributed by atoms with Crippen molar-refractivity contribution in [2.75, 3.05) is 32.1 Å². The Morgan fingerprint density at radius 3 is 2.58 bits per heavy atom. The second kappa shape index (κ2) is 9.30. The summed E-state index contributed by atoms with van der Waals surface area (Å²) in [5, 5.41) is 17.3. The van der Waals surface area contributed by atoms with Crippen molar-refractivity contribution in [3.05, 3.63) is 52.2 Å². The summed E-state index contributed by atoms with van der Waals surface area (Å²) in [7, 11) is 4.04. The molecule has 0 fully saturated rings. The number of carbonyl (C=O) groups is 1. The number of amides is 2. The predicted octanol–water partition coefficient (Wildman–Crippen LogP) is 2.78. The van der Waals surface area contributed by atoms with Crippen molar-refractivity contribution in [2.45, 2.75) is 18.9 Å². The lowest BCUT2D eigenvalue weighted by Gasteiger charge is -2.13. The van der Waals surface area contributed by atoms with Gasteiger partial charge in [0.25, 0.3) is 0 Å². The van der Waals surface area contributed by atoms with Crippen LogP contribution >= 0.6 is 11.3 Å². The van der Waals surface area contributed by atoms with Gasteiger partial charge in [-0.1, -0.05) is 18.2 Å². The highest BCUT2D eigenvalue weighted by atomic mass is 32.1. The molecule has 1 aromatic heterocycles. The van der Waals surface area contributed by atoms with E-state index in [9.17, 15) is 9.90 Å². The molecule has 1 atom stereocenters. The van der Waals surface area contributed by atoms with Gasteiger partial charge >= 0.3 is 6.03 Å². The molecular formula is C18H25N3O2S. The van der Waals surface area contributed by atoms with Crippen LogP contribution in [-0.2, 0) is 6.42 Å². The summed E-state index contributed by atoms with van der Waals surface area (Å²) < 4.78 is 0. The number of nitrogens with one attached hydrogen (secondary N) is 2. The van der Waals surface area contributed by atoms with E-state index in [1.54, 1.807) is 0 Å². The molecule has 2 rings (SSSR count). The standard InChI is InChI=1S/C18H25N3O2S/c1-21(2)15-9-7-14(8-10-15)5-3-11-19-18(23)20-13-16(22)17-6-4-12-24-17/h4,6-10,12,16,22H,3,5,11,13H2,1-2H3,(H2,19,20,23)/t16-/m1/s1. The predicted molar refractivity (Wildman–Crippen MR) is 99.8 cm³/mol. The SMILES string of the molecule is CN(C)c1ccc(CCCNC(=O)NC[C@@H](O)c2cccs2)cc1. The van der Waals surface area contributed by atoms with Crippen LogP contribution in [0.3, 0.4) is 0 Å². The summed E-state index contributed by atoms with van der Waals surface area (Å²) >= 11 is 1.48. The van der Waals surface area contributed by atoms with Gasteiger partial charge in [-0.25, -0.2) is 4.79 Å². The molecule has 0 saturated heterocycles. The van der Waals surface area contributed by atoms with Crippen molar-refractivity contribution in [3.8, 4) is 0 Å². The zero-order valence-corrected chi connectivity index (χ0v) is 15.0. The van der Waals surface area contributed by atoms with E-state index in [0.29, 0.717) is 6.54 Å². The molecule has 0 saturated carbocycles. The first-order chi connectivity index (χ1) is 11.6. The molecule has 1 aromatic carbocycles. The van der Waals surface area contributed by atoms with Gasteiger partial charge in [0, 0.05) is 31.2 Å². The fourth-order valence-electron chi connectivity index (χ4n) is 2.29. The highest BCUT2D eigenvalue weighted by Crippen LogP contribution is 2.17. The first kappa shape index (κ1) is 18.3. The topological polar surface area (TPSA) is 64.6 Å². The molecule has 2 aromatic rings. The molecule has 0 bridgehead atoms.